The van der Waals surface area contributed by atoms with Crippen LogP contribution in [0.25, 0.3) is 0 Å². The predicted octanol–water partition coefficient (Wildman–Crippen LogP) is 6.89. The largest absolute Gasteiger partial charge is 0.397 e. The van der Waals surface area contributed by atoms with E-state index in [-0.39, 0.29) is 36.7 Å². The summed E-state index contributed by atoms with van der Waals surface area (Å²) in [5, 5.41) is 26.4. The second-order valence-electron chi connectivity index (χ2n) is 13.3. The van der Waals surface area contributed by atoms with E-state index in [9.17, 15) is 19.8 Å². The minimum absolute atomic E-state index is 0.0281. The van der Waals surface area contributed by atoms with E-state index in [1.54, 1.807) is 12.1 Å². The van der Waals surface area contributed by atoms with Crippen molar-refractivity contribution in [3.8, 4) is 0 Å². The molecule has 10 nitrogen and oxygen atoms in total. The topological polar surface area (TPSA) is 146 Å². The van der Waals surface area contributed by atoms with E-state index in [2.05, 4.69) is 15.5 Å². The van der Waals surface area contributed by atoms with Crippen LogP contribution in [0.2, 0.25) is 0 Å². The molecule has 0 spiro atoms. The van der Waals surface area contributed by atoms with E-state index in [1.165, 1.54) is 0 Å². The number of unbranched alkanes of at least 4 members (excludes halogenated alkanes) is 2. The fourth-order valence-corrected chi connectivity index (χ4v) is 6.21. The number of hydrogen-bond donors (Lipinski definition) is 5. The lowest BCUT2D eigenvalue weighted by molar-refractivity contribution is -0.253. The number of benzene rings is 4. The van der Waals surface area contributed by atoms with Gasteiger partial charge in [0.05, 0.1) is 36.3 Å². The highest BCUT2D eigenvalue weighted by Gasteiger charge is 2.34. The SMILES string of the molecule is C[C@H]([C@@H](O)c1ccccc1)N(C)C[C@@H]1C[C@H](c2ccc(CO)cc2)O[C@H](c2ccc(NC(=O)CCCCCC(=O)Nc3ccccc3N)cc2)O1. The molecule has 0 unspecified atom stereocenters. The van der Waals surface area contributed by atoms with E-state index in [0.29, 0.717) is 55.7 Å². The fourth-order valence-electron chi connectivity index (χ4n) is 6.21. The van der Waals surface area contributed by atoms with Crippen LogP contribution < -0.4 is 16.4 Å². The van der Waals surface area contributed by atoms with Crippen molar-refractivity contribution in [2.75, 3.05) is 30.0 Å². The van der Waals surface area contributed by atoms with Gasteiger partial charge in [0.15, 0.2) is 6.29 Å². The molecule has 4 aromatic carbocycles. The standard InChI is InChI=1S/C41H50N4O6/c1-28(40(49)31-11-5-3-6-12-31)45(2)26-34-25-37(30-19-17-29(27-46)18-20-30)51-41(50-34)32-21-23-33(24-22-32)43-38(47)15-7-4-8-16-39(48)44-36-14-10-9-13-35(36)42/h3,5-6,9-14,17-24,28,34,37,40-41,46,49H,4,7-8,15-16,25-27,42H2,1-2H3,(H,43,47)(H,44,48)/t28-,34+,37-,40-,41-/m1/s1. The lowest BCUT2D eigenvalue weighted by atomic mass is 9.98. The lowest BCUT2D eigenvalue weighted by Crippen LogP contribution is -2.43. The minimum atomic E-state index is -0.650. The van der Waals surface area contributed by atoms with E-state index in [1.807, 2.05) is 105 Å². The van der Waals surface area contributed by atoms with Gasteiger partial charge in [-0.05, 0) is 67.8 Å². The summed E-state index contributed by atoms with van der Waals surface area (Å²) in [7, 11) is 1.99. The molecule has 1 aliphatic rings. The monoisotopic (exact) mass is 694 g/mol. The first-order valence-electron chi connectivity index (χ1n) is 17.7. The van der Waals surface area contributed by atoms with E-state index in [0.717, 1.165) is 28.7 Å². The van der Waals surface area contributed by atoms with Crippen molar-refractivity contribution in [3.63, 3.8) is 0 Å². The zero-order valence-corrected chi connectivity index (χ0v) is 29.4. The number of nitrogens with zero attached hydrogens (tertiary/aromatic N) is 1. The third-order valence-electron chi connectivity index (χ3n) is 9.41. The molecular formula is C41H50N4O6. The maximum Gasteiger partial charge on any atom is 0.224 e. The molecule has 1 aliphatic heterocycles. The number of likely N-dealkylation sites (N-methyl/N-ethyl adjacent to an activating group) is 1. The van der Waals surface area contributed by atoms with Crippen molar-refractivity contribution < 1.29 is 29.3 Å². The Hall–Kier alpha value is -4.58. The van der Waals surface area contributed by atoms with Gasteiger partial charge in [-0.25, -0.2) is 0 Å². The average Bonchev–Trinajstić information content (AvgIpc) is 3.15. The zero-order chi connectivity index (χ0) is 36.2. The van der Waals surface area contributed by atoms with Crippen LogP contribution in [0.4, 0.5) is 17.1 Å². The first kappa shape index (κ1) is 37.7. The molecular weight excluding hydrogens is 644 g/mol. The molecule has 0 aliphatic carbocycles. The molecule has 5 rings (SSSR count). The van der Waals surface area contributed by atoms with E-state index >= 15 is 0 Å². The van der Waals surface area contributed by atoms with Crippen molar-refractivity contribution in [2.45, 2.75) is 82.7 Å². The van der Waals surface area contributed by atoms with Crippen LogP contribution in [-0.2, 0) is 25.7 Å². The molecule has 6 N–H and O–H groups in total. The number of aliphatic hydroxyl groups excluding tert-OH is 2. The van der Waals surface area contributed by atoms with Crippen molar-refractivity contribution >= 4 is 28.9 Å². The van der Waals surface area contributed by atoms with E-state index < -0.39 is 12.4 Å². The number of aliphatic hydroxyl groups is 2. The Bertz CT molecular complexity index is 1680. The van der Waals surface area contributed by atoms with Gasteiger partial charge in [-0.3, -0.25) is 14.5 Å². The van der Waals surface area contributed by atoms with Crippen molar-refractivity contribution in [3.05, 3.63) is 125 Å². The van der Waals surface area contributed by atoms with Crippen LogP contribution in [0.1, 0.15) is 86.2 Å². The third-order valence-corrected chi connectivity index (χ3v) is 9.41. The van der Waals surface area contributed by atoms with Crippen molar-refractivity contribution in [1.82, 2.24) is 4.90 Å². The molecule has 0 saturated carbocycles. The van der Waals surface area contributed by atoms with Crippen molar-refractivity contribution in [2.24, 2.45) is 0 Å². The summed E-state index contributed by atoms with van der Waals surface area (Å²) in [6.07, 6.45) is 1.71. The predicted molar refractivity (Wildman–Crippen MR) is 200 cm³/mol. The zero-order valence-electron chi connectivity index (χ0n) is 29.4. The number of nitrogens with one attached hydrogen (secondary N) is 2. The molecule has 10 heteroatoms. The Labute approximate surface area is 300 Å². The molecule has 1 saturated heterocycles. The lowest BCUT2D eigenvalue weighted by Gasteiger charge is -2.39. The Kier molecular flexibility index (Phi) is 13.7. The summed E-state index contributed by atoms with van der Waals surface area (Å²) >= 11 is 0. The molecule has 5 atom stereocenters. The summed E-state index contributed by atoms with van der Waals surface area (Å²) in [4.78, 5) is 27.0. The summed E-state index contributed by atoms with van der Waals surface area (Å²) < 4.78 is 13.0. The highest BCUT2D eigenvalue weighted by atomic mass is 16.7. The minimum Gasteiger partial charge on any atom is -0.397 e. The van der Waals surface area contributed by atoms with Gasteiger partial charge >= 0.3 is 0 Å². The van der Waals surface area contributed by atoms with Gasteiger partial charge in [-0.1, -0.05) is 85.3 Å². The summed E-state index contributed by atoms with van der Waals surface area (Å²) in [5.41, 5.74) is 11.2. The number of carbonyl (C=O) groups is 2. The molecule has 0 bridgehead atoms. The van der Waals surface area contributed by atoms with Crippen LogP contribution in [0.15, 0.2) is 103 Å². The van der Waals surface area contributed by atoms with Crippen LogP contribution >= 0.6 is 0 Å². The number of hydrogen-bond acceptors (Lipinski definition) is 8. The van der Waals surface area contributed by atoms with Crippen LogP contribution in [0, 0.1) is 0 Å². The molecule has 1 fully saturated rings. The van der Waals surface area contributed by atoms with Gasteiger partial charge in [0.25, 0.3) is 0 Å². The summed E-state index contributed by atoms with van der Waals surface area (Å²) in [6.45, 7) is 2.56. The molecule has 270 valence electrons. The summed E-state index contributed by atoms with van der Waals surface area (Å²) in [6, 6.07) is 31.9. The van der Waals surface area contributed by atoms with Gasteiger partial charge in [0.1, 0.15) is 0 Å². The van der Waals surface area contributed by atoms with Crippen LogP contribution in [-0.4, -0.2) is 52.7 Å². The number of nitrogens with two attached hydrogens (primary N) is 1. The van der Waals surface area contributed by atoms with Gasteiger partial charge in [-0.15, -0.1) is 0 Å². The van der Waals surface area contributed by atoms with Crippen molar-refractivity contribution in [1.29, 1.82) is 0 Å². The summed E-state index contributed by atoms with van der Waals surface area (Å²) in [5.74, 6) is -0.181. The van der Waals surface area contributed by atoms with Gasteiger partial charge in [0, 0.05) is 43.1 Å². The number of para-hydroxylation sites is 2. The molecule has 0 radical (unpaired) electrons. The Balaban J connectivity index is 1.14. The molecule has 4 aromatic rings. The second-order valence-corrected chi connectivity index (χ2v) is 13.3. The highest BCUT2D eigenvalue weighted by Crippen LogP contribution is 2.38. The quantitative estimate of drug-likeness (QED) is 0.0630. The smallest absolute Gasteiger partial charge is 0.224 e. The number of carbonyl (C=O) groups excluding carboxylic acids is 2. The number of ether oxygens (including phenoxy) is 2. The van der Waals surface area contributed by atoms with Crippen LogP contribution in [0.3, 0.4) is 0 Å². The Morgan fingerprint density at radius 3 is 2.12 bits per heavy atom. The third kappa shape index (κ3) is 11.0. The Morgan fingerprint density at radius 2 is 1.45 bits per heavy atom. The molecule has 1 heterocycles. The van der Waals surface area contributed by atoms with Crippen LogP contribution in [0.5, 0.6) is 0 Å². The fraction of sp³-hybridized carbons (Fsp3) is 0.366. The average molecular weight is 695 g/mol. The number of amides is 2. The Morgan fingerprint density at radius 1 is 0.824 bits per heavy atom. The van der Waals surface area contributed by atoms with Gasteiger partial charge in [0.2, 0.25) is 11.8 Å². The highest BCUT2D eigenvalue weighted by molar-refractivity contribution is 5.93. The maximum absolute atomic E-state index is 12.7. The maximum atomic E-state index is 12.7. The second kappa shape index (κ2) is 18.6. The number of nitrogen functional groups attached to an aromatic ring is 1. The van der Waals surface area contributed by atoms with Gasteiger partial charge in [-0.2, -0.15) is 0 Å². The first-order valence-corrected chi connectivity index (χ1v) is 17.7. The normalized spacial score (nSPS) is 18.6. The number of rotatable bonds is 16. The van der Waals surface area contributed by atoms with E-state index in [4.69, 9.17) is 15.2 Å². The molecule has 0 aromatic heterocycles. The molecule has 2 amide bonds. The van der Waals surface area contributed by atoms with Gasteiger partial charge < -0.3 is 36.1 Å². The first-order chi connectivity index (χ1) is 24.7. The number of anilines is 3. The molecule has 51 heavy (non-hydrogen) atoms.